The first-order valence-electron chi connectivity index (χ1n) is 12.1. The topological polar surface area (TPSA) is 83.9 Å². The van der Waals surface area contributed by atoms with Crippen molar-refractivity contribution in [2.45, 2.75) is 43.4 Å². The Bertz CT molecular complexity index is 1550. The van der Waals surface area contributed by atoms with E-state index in [0.29, 0.717) is 17.2 Å². The lowest BCUT2D eigenvalue weighted by Crippen LogP contribution is -2.43. The van der Waals surface area contributed by atoms with E-state index >= 15 is 0 Å². The average molecular weight is 598 g/mol. The number of rotatable bonds is 8. The van der Waals surface area contributed by atoms with Crippen molar-refractivity contribution in [2.75, 3.05) is 10.8 Å². The normalized spacial score (nSPS) is 15.9. The predicted molar refractivity (Wildman–Crippen MR) is 143 cm³/mol. The molecule has 1 N–H and O–H groups in total. The maximum atomic E-state index is 14.4. The molecule has 212 valence electrons. The van der Waals surface area contributed by atoms with Crippen molar-refractivity contribution in [2.24, 2.45) is 0 Å². The lowest BCUT2D eigenvalue weighted by atomic mass is 10.0. The van der Waals surface area contributed by atoms with Gasteiger partial charge in [0.05, 0.1) is 27.7 Å². The summed E-state index contributed by atoms with van der Waals surface area (Å²) in [5.74, 6) is -1.41. The van der Waals surface area contributed by atoms with Gasteiger partial charge in [-0.2, -0.15) is 13.2 Å². The maximum Gasteiger partial charge on any atom is 0.416 e. The number of allylic oxidation sites excluding steroid dienone is 1. The Morgan fingerprint density at radius 3 is 2.55 bits per heavy atom. The molecular formula is C28H24ClF4NO5S. The van der Waals surface area contributed by atoms with Gasteiger partial charge in [0.2, 0.25) is 0 Å². The highest BCUT2D eigenvalue weighted by atomic mass is 35.5. The van der Waals surface area contributed by atoms with Gasteiger partial charge in [0.25, 0.3) is 10.0 Å². The van der Waals surface area contributed by atoms with E-state index in [-0.39, 0.29) is 47.8 Å². The van der Waals surface area contributed by atoms with Gasteiger partial charge < -0.3 is 9.84 Å². The first-order valence-corrected chi connectivity index (χ1v) is 13.9. The van der Waals surface area contributed by atoms with Crippen molar-refractivity contribution in [1.29, 1.82) is 0 Å². The summed E-state index contributed by atoms with van der Waals surface area (Å²) in [7, 11) is -4.51. The Balaban J connectivity index is 1.78. The van der Waals surface area contributed by atoms with Gasteiger partial charge in [-0.05, 0) is 73.4 Å². The number of carboxylic acid groups (broad SMARTS) is 1. The minimum atomic E-state index is -4.75. The zero-order chi connectivity index (χ0) is 29.2. The third kappa shape index (κ3) is 6.42. The van der Waals surface area contributed by atoms with Crippen LogP contribution in [0, 0.1) is 5.82 Å². The molecule has 1 aliphatic heterocycles. The van der Waals surface area contributed by atoms with E-state index in [9.17, 15) is 30.8 Å². The molecule has 40 heavy (non-hydrogen) atoms. The summed E-state index contributed by atoms with van der Waals surface area (Å²) >= 11 is 6.17. The van der Waals surface area contributed by atoms with Crippen LogP contribution in [0.5, 0.6) is 5.75 Å². The summed E-state index contributed by atoms with van der Waals surface area (Å²) in [6.45, 7) is 1.38. The van der Waals surface area contributed by atoms with Crippen molar-refractivity contribution in [1.82, 2.24) is 0 Å². The van der Waals surface area contributed by atoms with Crippen LogP contribution in [0.2, 0.25) is 5.02 Å². The molecule has 12 heteroatoms. The number of carbonyl (C=O) groups is 1. The molecule has 0 aliphatic carbocycles. The van der Waals surface area contributed by atoms with Crippen molar-refractivity contribution < 1.29 is 40.6 Å². The second-order valence-corrected chi connectivity index (χ2v) is 11.5. The van der Waals surface area contributed by atoms with Crippen LogP contribution in [0.4, 0.5) is 23.2 Å². The van der Waals surface area contributed by atoms with E-state index in [2.05, 4.69) is 0 Å². The monoisotopic (exact) mass is 597 g/mol. The van der Waals surface area contributed by atoms with E-state index in [1.54, 1.807) is 19.1 Å². The zero-order valence-corrected chi connectivity index (χ0v) is 22.7. The average Bonchev–Trinajstić information content (AvgIpc) is 2.87. The van der Waals surface area contributed by atoms with Crippen LogP contribution in [0.15, 0.2) is 65.6 Å². The summed E-state index contributed by atoms with van der Waals surface area (Å²) in [5, 5.41) is 9.15. The van der Waals surface area contributed by atoms with E-state index in [4.69, 9.17) is 21.4 Å². The van der Waals surface area contributed by atoms with Crippen molar-refractivity contribution in [3.63, 3.8) is 0 Å². The van der Waals surface area contributed by atoms with Crippen LogP contribution in [-0.2, 0) is 21.0 Å². The third-order valence-corrected chi connectivity index (χ3v) is 8.41. The second-order valence-electron chi connectivity index (χ2n) is 9.24. The fourth-order valence-electron chi connectivity index (χ4n) is 4.43. The highest BCUT2D eigenvalue weighted by Crippen LogP contribution is 2.40. The van der Waals surface area contributed by atoms with Gasteiger partial charge in [-0.3, -0.25) is 9.10 Å². The molecule has 1 atom stereocenters. The van der Waals surface area contributed by atoms with Gasteiger partial charge in [0.15, 0.2) is 0 Å². The highest BCUT2D eigenvalue weighted by Gasteiger charge is 2.37. The summed E-state index contributed by atoms with van der Waals surface area (Å²) in [6.07, 6.45) is -3.65. The summed E-state index contributed by atoms with van der Waals surface area (Å²) in [6, 6.07) is 12.3. The molecule has 0 saturated carbocycles. The van der Waals surface area contributed by atoms with Gasteiger partial charge in [-0.1, -0.05) is 35.9 Å². The molecule has 0 unspecified atom stereocenters. The maximum absolute atomic E-state index is 14.4. The zero-order valence-electron chi connectivity index (χ0n) is 21.1. The molecule has 0 spiro atoms. The van der Waals surface area contributed by atoms with Crippen molar-refractivity contribution in [3.05, 3.63) is 88.2 Å². The summed E-state index contributed by atoms with van der Waals surface area (Å²) in [4.78, 5) is 10.4. The number of fused-ring (bicyclic) bond motifs is 1. The van der Waals surface area contributed by atoms with Crippen LogP contribution >= 0.6 is 11.6 Å². The largest absolute Gasteiger partial charge is 0.486 e. The Morgan fingerprint density at radius 2 is 1.88 bits per heavy atom. The van der Waals surface area contributed by atoms with E-state index < -0.39 is 44.5 Å². The minimum Gasteiger partial charge on any atom is -0.486 e. The lowest BCUT2D eigenvalue weighted by Gasteiger charge is -2.36. The molecule has 0 saturated heterocycles. The Hall–Kier alpha value is -3.57. The fraction of sp³-hybridized carbons (Fsp3) is 0.250. The molecule has 0 fully saturated rings. The van der Waals surface area contributed by atoms with Gasteiger partial charge in [0, 0.05) is 12.0 Å². The van der Waals surface area contributed by atoms with Crippen LogP contribution < -0.4 is 9.04 Å². The molecule has 3 aromatic rings. The molecule has 3 aromatic carbocycles. The summed E-state index contributed by atoms with van der Waals surface area (Å²) in [5.41, 5.74) is 0.0543. The van der Waals surface area contributed by atoms with Gasteiger partial charge in [-0.15, -0.1) is 0 Å². The minimum absolute atomic E-state index is 0.0769. The van der Waals surface area contributed by atoms with Gasteiger partial charge in [0.1, 0.15) is 17.7 Å². The highest BCUT2D eigenvalue weighted by molar-refractivity contribution is 7.92. The number of nitrogens with zero attached hydrogens (tertiary/aromatic N) is 1. The van der Waals surface area contributed by atoms with Crippen molar-refractivity contribution >= 4 is 44.9 Å². The quantitative estimate of drug-likeness (QED) is 0.218. The molecule has 0 bridgehead atoms. The van der Waals surface area contributed by atoms with Crippen molar-refractivity contribution in [3.8, 4) is 5.75 Å². The van der Waals surface area contributed by atoms with E-state index in [0.717, 1.165) is 22.5 Å². The molecule has 0 aromatic heterocycles. The molecule has 1 aliphatic rings. The number of aliphatic carboxylic acids is 1. The number of anilines is 1. The second kappa shape index (κ2) is 11.5. The fourth-order valence-corrected chi connectivity index (χ4v) is 6.29. The first kappa shape index (κ1) is 29.4. The van der Waals surface area contributed by atoms with E-state index in [1.165, 1.54) is 30.3 Å². The van der Waals surface area contributed by atoms with Crippen LogP contribution in [0.25, 0.3) is 11.6 Å². The third-order valence-electron chi connectivity index (χ3n) is 6.32. The number of alkyl halides is 3. The van der Waals surface area contributed by atoms with Gasteiger partial charge in [-0.25, -0.2) is 12.8 Å². The summed E-state index contributed by atoms with van der Waals surface area (Å²) < 4.78 is 88.9. The molecule has 6 nitrogen and oxygen atoms in total. The predicted octanol–water partition coefficient (Wildman–Crippen LogP) is 7.27. The number of halogens is 5. The number of hydrogen-bond acceptors (Lipinski definition) is 4. The lowest BCUT2D eigenvalue weighted by molar-refractivity contribution is -0.138. The smallest absolute Gasteiger partial charge is 0.416 e. The Morgan fingerprint density at radius 1 is 1.15 bits per heavy atom. The number of benzene rings is 3. The SMILES string of the molecule is C/C(=C\c1ccc2c(c1)N(S(=O)(=O)c1cccc(C(F)(F)F)c1)C[C@H](CCCC(=O)O)O2)c1c(F)cccc1Cl. The van der Waals surface area contributed by atoms with Crippen LogP contribution in [-0.4, -0.2) is 32.1 Å². The molecule has 0 radical (unpaired) electrons. The number of hydrogen-bond donors (Lipinski definition) is 1. The van der Waals surface area contributed by atoms with Crippen LogP contribution in [0.1, 0.15) is 42.9 Å². The molecule has 4 rings (SSSR count). The molecular weight excluding hydrogens is 574 g/mol. The molecule has 1 heterocycles. The number of carboxylic acids is 1. The Kier molecular flexibility index (Phi) is 8.46. The number of ether oxygens (including phenoxy) is 1. The number of sulfonamides is 1. The van der Waals surface area contributed by atoms with E-state index in [1.807, 2.05) is 0 Å². The Labute approximate surface area is 233 Å². The first-order chi connectivity index (χ1) is 18.8. The van der Waals surface area contributed by atoms with Gasteiger partial charge >= 0.3 is 12.1 Å². The van der Waals surface area contributed by atoms with Crippen LogP contribution in [0.3, 0.4) is 0 Å². The molecule has 0 amide bonds. The standard InChI is InChI=1S/C28H24ClF4NO5S/c1-17(27-22(29)8-4-9-23(27)30)13-18-11-12-25-24(14-18)34(16-20(39-25)6-3-10-26(35)36)40(37,38)21-7-2-5-19(15-21)28(31,32)33/h2,4-5,7-9,11-15,20H,3,6,10,16H2,1H3,(H,35,36)/b17-13+/t20-/m0/s1.